The van der Waals surface area contributed by atoms with Gasteiger partial charge in [-0.15, -0.1) is 0 Å². The quantitative estimate of drug-likeness (QED) is 0.854. The minimum absolute atomic E-state index is 0.256. The largest absolute Gasteiger partial charge is 0.491 e. The van der Waals surface area contributed by atoms with Crippen molar-refractivity contribution in [1.82, 2.24) is 0 Å². The van der Waals surface area contributed by atoms with Crippen LogP contribution in [0.4, 0.5) is 0 Å². The van der Waals surface area contributed by atoms with Gasteiger partial charge in [-0.1, -0.05) is 55.8 Å². The zero-order valence-electron chi connectivity index (χ0n) is 12.4. The highest BCUT2D eigenvalue weighted by molar-refractivity contribution is 6.30. The highest BCUT2D eigenvalue weighted by Gasteiger charge is 2.08. The number of halogens is 1. The smallest absolute Gasteiger partial charge is 0.120 e. The Balaban J connectivity index is 1.85. The summed E-state index contributed by atoms with van der Waals surface area (Å²) in [7, 11) is 0. The van der Waals surface area contributed by atoms with Gasteiger partial charge in [0, 0.05) is 11.4 Å². The van der Waals surface area contributed by atoms with Crippen molar-refractivity contribution >= 4 is 11.6 Å². The van der Waals surface area contributed by atoms with Gasteiger partial charge in [0.15, 0.2) is 0 Å². The molecule has 112 valence electrons. The lowest BCUT2D eigenvalue weighted by Crippen LogP contribution is -2.20. The van der Waals surface area contributed by atoms with E-state index in [0.29, 0.717) is 23.1 Å². The van der Waals surface area contributed by atoms with E-state index in [1.54, 1.807) is 12.1 Å². The second-order valence-electron chi connectivity index (χ2n) is 5.52. The van der Waals surface area contributed by atoms with Crippen LogP contribution in [0.3, 0.4) is 0 Å². The van der Waals surface area contributed by atoms with Crippen LogP contribution in [0, 0.1) is 0 Å². The van der Waals surface area contributed by atoms with Crippen LogP contribution in [0.2, 0.25) is 5.02 Å². The van der Waals surface area contributed by atoms with E-state index in [4.69, 9.17) is 16.3 Å². The number of ether oxygens (including phenoxy) is 1. The summed E-state index contributed by atoms with van der Waals surface area (Å²) in [6.07, 6.45) is 0.0488. The topological polar surface area (TPSA) is 29.5 Å². The van der Waals surface area contributed by atoms with Crippen LogP contribution in [0.15, 0.2) is 48.5 Å². The summed E-state index contributed by atoms with van der Waals surface area (Å²) in [5, 5.41) is 10.7. The van der Waals surface area contributed by atoms with E-state index >= 15 is 0 Å². The molecule has 2 nitrogen and oxygen atoms in total. The molecule has 0 radical (unpaired) electrons. The van der Waals surface area contributed by atoms with Gasteiger partial charge in [0.1, 0.15) is 12.4 Å². The molecule has 1 atom stereocenters. The van der Waals surface area contributed by atoms with Gasteiger partial charge in [0.25, 0.3) is 0 Å². The van der Waals surface area contributed by atoms with Crippen LogP contribution >= 0.6 is 11.6 Å². The monoisotopic (exact) mass is 304 g/mol. The van der Waals surface area contributed by atoms with E-state index < -0.39 is 6.10 Å². The Morgan fingerprint density at radius 2 is 1.81 bits per heavy atom. The molecule has 2 aromatic carbocycles. The number of rotatable bonds is 6. The zero-order chi connectivity index (χ0) is 15.2. The van der Waals surface area contributed by atoms with Crippen LogP contribution in [-0.4, -0.2) is 17.8 Å². The summed E-state index contributed by atoms with van der Waals surface area (Å²) in [5.74, 6) is 1.20. The average molecular weight is 305 g/mol. The normalized spacial score (nSPS) is 12.4. The van der Waals surface area contributed by atoms with Crippen molar-refractivity contribution in [3.05, 3.63) is 64.7 Å². The molecule has 0 fully saturated rings. The third-order valence-electron chi connectivity index (χ3n) is 3.36. The van der Waals surface area contributed by atoms with Gasteiger partial charge in [0.2, 0.25) is 0 Å². The summed E-state index contributed by atoms with van der Waals surface area (Å²) in [6, 6.07) is 15.6. The zero-order valence-corrected chi connectivity index (χ0v) is 13.2. The predicted molar refractivity (Wildman–Crippen MR) is 87.2 cm³/mol. The number of aliphatic hydroxyl groups excluding tert-OH is 1. The summed E-state index contributed by atoms with van der Waals surface area (Å²) in [6.45, 7) is 4.59. The van der Waals surface area contributed by atoms with Crippen molar-refractivity contribution < 1.29 is 9.84 Å². The Kier molecular flexibility index (Phi) is 5.66. The maximum atomic E-state index is 10.1. The van der Waals surface area contributed by atoms with Gasteiger partial charge in [-0.3, -0.25) is 0 Å². The molecule has 2 aromatic rings. The number of hydrogen-bond donors (Lipinski definition) is 1. The Bertz CT molecular complexity index is 564. The van der Waals surface area contributed by atoms with E-state index in [2.05, 4.69) is 38.1 Å². The van der Waals surface area contributed by atoms with Crippen molar-refractivity contribution in [2.75, 3.05) is 6.61 Å². The van der Waals surface area contributed by atoms with E-state index in [0.717, 1.165) is 5.56 Å². The molecule has 0 bridgehead atoms. The maximum absolute atomic E-state index is 10.1. The first kappa shape index (κ1) is 15.9. The van der Waals surface area contributed by atoms with Gasteiger partial charge in [0.05, 0.1) is 6.10 Å². The second kappa shape index (κ2) is 7.48. The minimum atomic E-state index is -0.533. The molecule has 1 N–H and O–H groups in total. The summed E-state index contributed by atoms with van der Waals surface area (Å²) >= 11 is 5.89. The molecular formula is C18H21ClO2. The third kappa shape index (κ3) is 5.07. The van der Waals surface area contributed by atoms with Crippen molar-refractivity contribution in [3.63, 3.8) is 0 Å². The number of hydrogen-bond acceptors (Lipinski definition) is 2. The van der Waals surface area contributed by atoms with Gasteiger partial charge in [-0.05, 0) is 35.2 Å². The molecule has 0 amide bonds. The van der Waals surface area contributed by atoms with Gasteiger partial charge >= 0.3 is 0 Å². The molecule has 0 aliphatic heterocycles. The molecule has 2 rings (SSSR count). The Morgan fingerprint density at radius 1 is 1.10 bits per heavy atom. The molecule has 0 saturated carbocycles. The highest BCUT2D eigenvalue weighted by atomic mass is 35.5. The molecule has 0 aliphatic carbocycles. The van der Waals surface area contributed by atoms with E-state index in [-0.39, 0.29) is 6.61 Å². The molecule has 0 heterocycles. The molecular weight excluding hydrogens is 284 g/mol. The fraction of sp³-hybridized carbons (Fsp3) is 0.333. The summed E-state index contributed by atoms with van der Waals surface area (Å²) < 4.78 is 5.55. The lowest BCUT2D eigenvalue weighted by molar-refractivity contribution is 0.108. The second-order valence-corrected chi connectivity index (χ2v) is 5.96. The van der Waals surface area contributed by atoms with E-state index in [1.165, 1.54) is 5.56 Å². The SMILES string of the molecule is CC(C)c1ccc(CC(O)COc2cccc(Cl)c2)cc1. The maximum Gasteiger partial charge on any atom is 0.120 e. The fourth-order valence-electron chi connectivity index (χ4n) is 2.12. The molecule has 3 heteroatoms. The van der Waals surface area contributed by atoms with Crippen molar-refractivity contribution in [2.45, 2.75) is 32.3 Å². The van der Waals surface area contributed by atoms with Crippen molar-refractivity contribution in [1.29, 1.82) is 0 Å². The first-order chi connectivity index (χ1) is 10.0. The van der Waals surface area contributed by atoms with E-state index in [9.17, 15) is 5.11 Å². The Morgan fingerprint density at radius 3 is 2.43 bits per heavy atom. The predicted octanol–water partition coefficient (Wildman–Crippen LogP) is 4.45. The van der Waals surface area contributed by atoms with Crippen LogP contribution in [0.1, 0.15) is 30.9 Å². The molecule has 0 aromatic heterocycles. The standard InChI is InChI=1S/C18H21ClO2/c1-13(2)15-8-6-14(7-9-15)10-17(20)12-21-18-5-3-4-16(19)11-18/h3-9,11,13,17,20H,10,12H2,1-2H3. The molecule has 1 unspecified atom stereocenters. The minimum Gasteiger partial charge on any atom is -0.491 e. The molecule has 0 spiro atoms. The fourth-order valence-corrected chi connectivity index (χ4v) is 2.30. The van der Waals surface area contributed by atoms with Crippen LogP contribution < -0.4 is 4.74 Å². The summed E-state index contributed by atoms with van der Waals surface area (Å²) in [5.41, 5.74) is 2.42. The number of benzene rings is 2. The van der Waals surface area contributed by atoms with Crippen molar-refractivity contribution in [3.8, 4) is 5.75 Å². The van der Waals surface area contributed by atoms with E-state index in [1.807, 2.05) is 12.1 Å². The molecule has 21 heavy (non-hydrogen) atoms. The van der Waals surface area contributed by atoms with Crippen LogP contribution in [0.5, 0.6) is 5.75 Å². The van der Waals surface area contributed by atoms with Gasteiger partial charge in [-0.2, -0.15) is 0 Å². The Labute approximate surface area is 131 Å². The molecule has 0 aliphatic rings. The van der Waals surface area contributed by atoms with Crippen LogP contribution in [0.25, 0.3) is 0 Å². The number of aliphatic hydroxyl groups is 1. The Hall–Kier alpha value is -1.51. The average Bonchev–Trinajstić information content (AvgIpc) is 2.46. The van der Waals surface area contributed by atoms with Crippen molar-refractivity contribution in [2.24, 2.45) is 0 Å². The lowest BCUT2D eigenvalue weighted by atomic mass is 10.00. The highest BCUT2D eigenvalue weighted by Crippen LogP contribution is 2.18. The lowest BCUT2D eigenvalue weighted by Gasteiger charge is -2.13. The first-order valence-corrected chi connectivity index (χ1v) is 7.57. The first-order valence-electron chi connectivity index (χ1n) is 7.20. The van der Waals surface area contributed by atoms with Gasteiger partial charge in [-0.25, -0.2) is 0 Å². The molecule has 0 saturated heterocycles. The summed E-state index contributed by atoms with van der Waals surface area (Å²) in [4.78, 5) is 0. The third-order valence-corrected chi connectivity index (χ3v) is 3.59. The van der Waals surface area contributed by atoms with Gasteiger partial charge < -0.3 is 9.84 Å². The van der Waals surface area contributed by atoms with Crippen LogP contribution in [-0.2, 0) is 6.42 Å².